The summed E-state index contributed by atoms with van der Waals surface area (Å²) < 4.78 is 4.97. The van der Waals surface area contributed by atoms with Gasteiger partial charge in [0.2, 0.25) is 5.91 Å². The number of hydrogen-bond donors (Lipinski definition) is 3. The van der Waals surface area contributed by atoms with Gasteiger partial charge in [-0.15, -0.1) is 0 Å². The van der Waals surface area contributed by atoms with Crippen molar-refractivity contribution >= 4 is 17.3 Å². The first-order valence-electron chi connectivity index (χ1n) is 5.03. The van der Waals surface area contributed by atoms with E-state index in [1.54, 1.807) is 18.2 Å². The van der Waals surface area contributed by atoms with Crippen LogP contribution >= 0.6 is 0 Å². The highest BCUT2D eigenvalue weighted by Crippen LogP contribution is 2.17. The highest BCUT2D eigenvalue weighted by molar-refractivity contribution is 5.75. The zero-order valence-electron chi connectivity index (χ0n) is 9.27. The standard InChI is InChI=1S/C11H14N4O2/c12-6-8-5-9(13)1-2-10(8)15-3-4-17-7-11(14)16/h1-2,5,15H,3-4,7,13H2,(H2,14,16). The largest absolute Gasteiger partial charge is 0.399 e. The molecule has 6 heteroatoms. The van der Waals surface area contributed by atoms with Crippen molar-refractivity contribution in [3.8, 4) is 6.07 Å². The number of primary amides is 1. The Hall–Kier alpha value is -2.26. The molecule has 90 valence electrons. The van der Waals surface area contributed by atoms with Gasteiger partial charge in [0.05, 0.1) is 17.9 Å². The molecule has 0 saturated heterocycles. The SMILES string of the molecule is N#Cc1cc(N)ccc1NCCOCC(N)=O. The Morgan fingerprint density at radius 2 is 2.29 bits per heavy atom. The molecule has 1 aromatic carbocycles. The predicted octanol–water partition coefficient (Wildman–Crippen LogP) is 0.0543. The molecule has 0 fully saturated rings. The molecule has 0 saturated carbocycles. The fourth-order valence-electron chi connectivity index (χ4n) is 1.24. The number of carbonyl (C=O) groups excluding carboxylic acids is 1. The van der Waals surface area contributed by atoms with E-state index in [4.69, 9.17) is 21.5 Å². The van der Waals surface area contributed by atoms with Crippen LogP contribution in [0.1, 0.15) is 5.56 Å². The Kier molecular flexibility index (Phi) is 4.78. The Morgan fingerprint density at radius 3 is 2.94 bits per heavy atom. The minimum atomic E-state index is -0.504. The summed E-state index contributed by atoms with van der Waals surface area (Å²) in [4.78, 5) is 10.4. The molecule has 0 spiro atoms. The van der Waals surface area contributed by atoms with E-state index in [9.17, 15) is 4.79 Å². The lowest BCUT2D eigenvalue weighted by molar-refractivity contribution is -0.122. The van der Waals surface area contributed by atoms with Crippen molar-refractivity contribution < 1.29 is 9.53 Å². The predicted molar refractivity (Wildman–Crippen MR) is 64.1 cm³/mol. The zero-order valence-corrected chi connectivity index (χ0v) is 9.27. The molecule has 6 nitrogen and oxygen atoms in total. The van der Waals surface area contributed by atoms with Crippen molar-refractivity contribution in [1.29, 1.82) is 5.26 Å². The van der Waals surface area contributed by atoms with Crippen molar-refractivity contribution in [2.24, 2.45) is 5.73 Å². The lowest BCUT2D eigenvalue weighted by atomic mass is 10.2. The molecule has 0 bridgehead atoms. The summed E-state index contributed by atoms with van der Waals surface area (Å²) in [6.07, 6.45) is 0. The van der Waals surface area contributed by atoms with E-state index < -0.39 is 5.91 Å². The first-order valence-corrected chi connectivity index (χ1v) is 5.03. The van der Waals surface area contributed by atoms with Crippen LogP contribution in [-0.4, -0.2) is 25.7 Å². The van der Waals surface area contributed by atoms with Crippen molar-refractivity contribution in [3.05, 3.63) is 23.8 Å². The number of nitrogens with two attached hydrogens (primary N) is 2. The van der Waals surface area contributed by atoms with E-state index >= 15 is 0 Å². The van der Waals surface area contributed by atoms with Gasteiger partial charge in [0, 0.05) is 12.2 Å². The van der Waals surface area contributed by atoms with Gasteiger partial charge in [0.1, 0.15) is 12.7 Å². The molecule has 0 aliphatic rings. The molecular weight excluding hydrogens is 220 g/mol. The third-order valence-electron chi connectivity index (χ3n) is 1.97. The topological polar surface area (TPSA) is 114 Å². The number of rotatable bonds is 6. The third kappa shape index (κ3) is 4.40. The van der Waals surface area contributed by atoms with Crippen LogP contribution in [0.3, 0.4) is 0 Å². The molecule has 1 amide bonds. The van der Waals surface area contributed by atoms with Crippen molar-refractivity contribution in [1.82, 2.24) is 0 Å². The van der Waals surface area contributed by atoms with E-state index in [0.29, 0.717) is 30.1 Å². The van der Waals surface area contributed by atoms with Crippen LogP contribution in [-0.2, 0) is 9.53 Å². The van der Waals surface area contributed by atoms with Crippen molar-refractivity contribution in [2.45, 2.75) is 0 Å². The maximum absolute atomic E-state index is 10.4. The van der Waals surface area contributed by atoms with Crippen molar-refractivity contribution in [3.63, 3.8) is 0 Å². The third-order valence-corrected chi connectivity index (χ3v) is 1.97. The Labute approximate surface area is 99.2 Å². The number of hydrogen-bond acceptors (Lipinski definition) is 5. The maximum Gasteiger partial charge on any atom is 0.243 e. The Bertz CT molecular complexity index is 440. The molecule has 1 rings (SSSR count). The molecule has 0 aromatic heterocycles. The second-order valence-electron chi connectivity index (χ2n) is 3.36. The van der Waals surface area contributed by atoms with Crippen LogP contribution in [0.15, 0.2) is 18.2 Å². The van der Waals surface area contributed by atoms with Gasteiger partial charge < -0.3 is 21.5 Å². The quantitative estimate of drug-likeness (QED) is 0.475. The summed E-state index contributed by atoms with van der Waals surface area (Å²) in [5.41, 5.74) is 12.2. The summed E-state index contributed by atoms with van der Waals surface area (Å²) in [6.45, 7) is 0.707. The minimum absolute atomic E-state index is 0.103. The first kappa shape index (κ1) is 12.8. The molecule has 0 atom stereocenters. The van der Waals surface area contributed by atoms with E-state index in [2.05, 4.69) is 5.32 Å². The minimum Gasteiger partial charge on any atom is -0.399 e. The van der Waals surface area contributed by atoms with Crippen LogP contribution in [0, 0.1) is 11.3 Å². The summed E-state index contributed by atoms with van der Waals surface area (Å²) in [6, 6.07) is 7.05. The number of nitrogens with zero attached hydrogens (tertiary/aromatic N) is 1. The number of carbonyl (C=O) groups is 1. The number of nitrogens with one attached hydrogen (secondary N) is 1. The summed E-state index contributed by atoms with van der Waals surface area (Å²) in [7, 11) is 0. The monoisotopic (exact) mass is 234 g/mol. The molecule has 0 radical (unpaired) electrons. The fourth-order valence-corrected chi connectivity index (χ4v) is 1.24. The number of benzene rings is 1. The van der Waals surface area contributed by atoms with Crippen LogP contribution in [0.4, 0.5) is 11.4 Å². The molecule has 0 aliphatic heterocycles. The van der Waals surface area contributed by atoms with Gasteiger partial charge in [0.15, 0.2) is 0 Å². The second-order valence-corrected chi connectivity index (χ2v) is 3.36. The van der Waals surface area contributed by atoms with Gasteiger partial charge in [-0.25, -0.2) is 0 Å². The summed E-state index contributed by atoms with van der Waals surface area (Å²) in [5, 5.41) is 11.9. The van der Waals surface area contributed by atoms with Crippen molar-refractivity contribution in [2.75, 3.05) is 30.8 Å². The van der Waals surface area contributed by atoms with Crippen LogP contribution in [0.25, 0.3) is 0 Å². The van der Waals surface area contributed by atoms with Gasteiger partial charge in [-0.2, -0.15) is 5.26 Å². The van der Waals surface area contributed by atoms with Gasteiger partial charge in [0.25, 0.3) is 0 Å². The zero-order chi connectivity index (χ0) is 12.7. The molecule has 1 aromatic rings. The van der Waals surface area contributed by atoms with E-state index in [0.717, 1.165) is 0 Å². The van der Waals surface area contributed by atoms with E-state index in [-0.39, 0.29) is 6.61 Å². The van der Waals surface area contributed by atoms with Crippen LogP contribution in [0.5, 0.6) is 0 Å². The fraction of sp³-hybridized carbons (Fsp3) is 0.273. The van der Waals surface area contributed by atoms with Crippen LogP contribution < -0.4 is 16.8 Å². The van der Waals surface area contributed by atoms with Gasteiger partial charge in [-0.3, -0.25) is 4.79 Å². The average Bonchev–Trinajstić information content (AvgIpc) is 2.29. The Balaban J connectivity index is 2.42. The van der Waals surface area contributed by atoms with E-state index in [1.165, 1.54) is 0 Å². The first-order chi connectivity index (χ1) is 8.13. The summed E-state index contributed by atoms with van der Waals surface area (Å²) in [5.74, 6) is -0.504. The second kappa shape index (κ2) is 6.35. The van der Waals surface area contributed by atoms with Gasteiger partial charge >= 0.3 is 0 Å². The number of nitriles is 1. The van der Waals surface area contributed by atoms with Gasteiger partial charge in [-0.05, 0) is 18.2 Å². The van der Waals surface area contributed by atoms with Gasteiger partial charge in [-0.1, -0.05) is 0 Å². The van der Waals surface area contributed by atoms with Crippen LogP contribution in [0.2, 0.25) is 0 Å². The molecule has 5 N–H and O–H groups in total. The average molecular weight is 234 g/mol. The molecule has 0 unspecified atom stereocenters. The molecule has 0 aliphatic carbocycles. The number of anilines is 2. The highest BCUT2D eigenvalue weighted by atomic mass is 16.5. The lowest BCUT2D eigenvalue weighted by Crippen LogP contribution is -2.20. The normalized spacial score (nSPS) is 9.59. The Morgan fingerprint density at radius 1 is 1.53 bits per heavy atom. The summed E-state index contributed by atoms with van der Waals surface area (Å²) >= 11 is 0. The molecular formula is C11H14N4O2. The maximum atomic E-state index is 10.4. The molecule has 0 heterocycles. The lowest BCUT2D eigenvalue weighted by Gasteiger charge is -2.08. The van der Waals surface area contributed by atoms with E-state index in [1.807, 2.05) is 6.07 Å². The number of nitrogen functional groups attached to an aromatic ring is 1. The highest BCUT2D eigenvalue weighted by Gasteiger charge is 2.01. The molecule has 17 heavy (non-hydrogen) atoms. The number of amides is 1. The number of ether oxygens (including phenoxy) is 1. The smallest absolute Gasteiger partial charge is 0.243 e.